The summed E-state index contributed by atoms with van der Waals surface area (Å²) in [6, 6.07) is 11.7. The second-order valence-electron chi connectivity index (χ2n) is 5.26. The van der Waals surface area contributed by atoms with Crippen molar-refractivity contribution in [2.45, 2.75) is 19.4 Å². The van der Waals surface area contributed by atoms with E-state index in [0.717, 1.165) is 16.7 Å². The Morgan fingerprint density at radius 3 is 2.67 bits per heavy atom. The van der Waals surface area contributed by atoms with Crippen molar-refractivity contribution in [2.24, 2.45) is 0 Å². The van der Waals surface area contributed by atoms with Gasteiger partial charge in [-0.2, -0.15) is 11.3 Å². The van der Waals surface area contributed by atoms with Gasteiger partial charge in [0.05, 0.1) is 0 Å². The SMILES string of the molecule is CC(=Cc1ccsc1)C1=CC(=O)C(C)(c2ccccc2)O1. The molecule has 0 spiro atoms. The molecule has 1 aliphatic rings. The molecule has 21 heavy (non-hydrogen) atoms. The Bertz CT molecular complexity index is 711. The molecule has 1 aromatic carbocycles. The van der Waals surface area contributed by atoms with Gasteiger partial charge in [-0.25, -0.2) is 0 Å². The lowest BCUT2D eigenvalue weighted by molar-refractivity contribution is -0.129. The smallest absolute Gasteiger partial charge is 0.207 e. The van der Waals surface area contributed by atoms with E-state index in [1.165, 1.54) is 0 Å². The van der Waals surface area contributed by atoms with Gasteiger partial charge in [0.1, 0.15) is 5.76 Å². The number of hydrogen-bond donors (Lipinski definition) is 0. The molecule has 0 saturated carbocycles. The van der Waals surface area contributed by atoms with Gasteiger partial charge in [-0.05, 0) is 47.9 Å². The number of allylic oxidation sites excluding steroid dienone is 1. The lowest BCUT2D eigenvalue weighted by Gasteiger charge is -2.24. The first-order valence-corrected chi connectivity index (χ1v) is 7.75. The molecule has 1 atom stereocenters. The van der Waals surface area contributed by atoms with E-state index in [2.05, 4.69) is 5.38 Å². The summed E-state index contributed by atoms with van der Waals surface area (Å²) in [4.78, 5) is 12.4. The zero-order valence-corrected chi connectivity index (χ0v) is 12.8. The molecule has 2 heterocycles. The predicted octanol–water partition coefficient (Wildman–Crippen LogP) is 4.55. The summed E-state index contributed by atoms with van der Waals surface area (Å²) in [5.41, 5.74) is 2.05. The summed E-state index contributed by atoms with van der Waals surface area (Å²) in [5, 5.41) is 4.10. The van der Waals surface area contributed by atoms with Crippen molar-refractivity contribution in [3.63, 3.8) is 0 Å². The number of hydrogen-bond acceptors (Lipinski definition) is 3. The first-order chi connectivity index (χ1) is 10.1. The molecule has 0 N–H and O–H groups in total. The molecule has 0 amide bonds. The van der Waals surface area contributed by atoms with Crippen LogP contribution in [0.1, 0.15) is 25.0 Å². The van der Waals surface area contributed by atoms with Crippen LogP contribution in [0, 0.1) is 0 Å². The molecule has 1 aromatic heterocycles. The minimum atomic E-state index is -0.916. The zero-order chi connectivity index (χ0) is 14.9. The maximum atomic E-state index is 12.4. The van der Waals surface area contributed by atoms with Crippen LogP contribution in [0.4, 0.5) is 0 Å². The second-order valence-corrected chi connectivity index (χ2v) is 6.04. The van der Waals surface area contributed by atoms with Gasteiger partial charge >= 0.3 is 0 Å². The Labute approximate surface area is 128 Å². The van der Waals surface area contributed by atoms with Crippen molar-refractivity contribution in [1.82, 2.24) is 0 Å². The molecule has 0 aliphatic carbocycles. The van der Waals surface area contributed by atoms with Crippen LogP contribution in [0.2, 0.25) is 0 Å². The second kappa shape index (κ2) is 5.34. The van der Waals surface area contributed by atoms with E-state index in [9.17, 15) is 4.79 Å². The van der Waals surface area contributed by atoms with Crippen LogP contribution in [0.3, 0.4) is 0 Å². The normalized spacial score (nSPS) is 22.1. The molecular weight excluding hydrogens is 280 g/mol. The Balaban J connectivity index is 1.89. The summed E-state index contributed by atoms with van der Waals surface area (Å²) in [5.74, 6) is 0.638. The topological polar surface area (TPSA) is 26.3 Å². The summed E-state index contributed by atoms with van der Waals surface area (Å²) < 4.78 is 6.00. The van der Waals surface area contributed by atoms with Crippen LogP contribution < -0.4 is 0 Å². The number of thiophene rings is 1. The summed E-state index contributed by atoms with van der Waals surface area (Å²) in [7, 11) is 0. The number of carbonyl (C=O) groups excluding carboxylic acids is 1. The molecule has 1 aliphatic heterocycles. The van der Waals surface area contributed by atoms with Gasteiger partial charge in [0, 0.05) is 11.6 Å². The maximum absolute atomic E-state index is 12.4. The van der Waals surface area contributed by atoms with Gasteiger partial charge in [-0.15, -0.1) is 0 Å². The molecule has 0 saturated heterocycles. The van der Waals surface area contributed by atoms with Crippen LogP contribution in [0.25, 0.3) is 6.08 Å². The average molecular weight is 296 g/mol. The van der Waals surface area contributed by atoms with Gasteiger partial charge in [0.25, 0.3) is 0 Å². The number of carbonyl (C=O) groups is 1. The summed E-state index contributed by atoms with van der Waals surface area (Å²) in [6.07, 6.45) is 3.64. The first kappa shape index (κ1) is 13.8. The van der Waals surface area contributed by atoms with Crippen molar-refractivity contribution in [3.8, 4) is 0 Å². The van der Waals surface area contributed by atoms with E-state index >= 15 is 0 Å². The molecule has 0 radical (unpaired) electrons. The van der Waals surface area contributed by atoms with E-state index in [1.54, 1.807) is 17.4 Å². The van der Waals surface area contributed by atoms with Gasteiger partial charge in [0.15, 0.2) is 5.60 Å². The number of rotatable bonds is 3. The molecule has 3 rings (SSSR count). The fourth-order valence-corrected chi connectivity index (χ4v) is 3.00. The third kappa shape index (κ3) is 2.57. The number of benzene rings is 1. The minimum absolute atomic E-state index is 0.0123. The van der Waals surface area contributed by atoms with Gasteiger partial charge in [-0.1, -0.05) is 30.3 Å². The molecule has 0 bridgehead atoms. The molecule has 2 nitrogen and oxygen atoms in total. The molecule has 1 unspecified atom stereocenters. The van der Waals surface area contributed by atoms with Crippen LogP contribution >= 0.6 is 11.3 Å². The van der Waals surface area contributed by atoms with Crippen molar-refractivity contribution < 1.29 is 9.53 Å². The molecule has 3 heteroatoms. The van der Waals surface area contributed by atoms with Crippen molar-refractivity contribution in [3.05, 3.63) is 75.7 Å². The number of ether oxygens (including phenoxy) is 1. The van der Waals surface area contributed by atoms with E-state index in [4.69, 9.17) is 4.74 Å². The highest BCUT2D eigenvalue weighted by Crippen LogP contribution is 2.37. The third-order valence-corrected chi connectivity index (χ3v) is 4.39. The van der Waals surface area contributed by atoms with E-state index in [0.29, 0.717) is 5.76 Å². The molecule has 106 valence electrons. The fraction of sp³-hybridized carbons (Fsp3) is 0.167. The quantitative estimate of drug-likeness (QED) is 0.830. The van der Waals surface area contributed by atoms with Gasteiger partial charge < -0.3 is 4.74 Å². The van der Waals surface area contributed by atoms with Crippen LogP contribution in [0.15, 0.2) is 64.6 Å². The molecule has 0 fully saturated rings. The first-order valence-electron chi connectivity index (χ1n) is 6.81. The summed E-state index contributed by atoms with van der Waals surface area (Å²) >= 11 is 1.65. The van der Waals surface area contributed by atoms with Crippen LogP contribution in [0.5, 0.6) is 0 Å². The van der Waals surface area contributed by atoms with Crippen LogP contribution in [-0.4, -0.2) is 5.78 Å². The standard InChI is InChI=1S/C18H16O2S/c1-13(10-14-8-9-21-12-14)16-11-17(19)18(2,20-16)15-6-4-3-5-7-15/h3-12H,1-2H3. The predicted molar refractivity (Wildman–Crippen MR) is 85.9 cm³/mol. The Morgan fingerprint density at radius 2 is 2.00 bits per heavy atom. The van der Waals surface area contributed by atoms with E-state index in [-0.39, 0.29) is 5.78 Å². The monoisotopic (exact) mass is 296 g/mol. The van der Waals surface area contributed by atoms with E-state index in [1.807, 2.05) is 61.7 Å². The highest BCUT2D eigenvalue weighted by molar-refractivity contribution is 7.08. The van der Waals surface area contributed by atoms with Crippen molar-refractivity contribution in [2.75, 3.05) is 0 Å². The van der Waals surface area contributed by atoms with Gasteiger partial charge in [0.2, 0.25) is 5.78 Å². The largest absolute Gasteiger partial charge is 0.474 e. The van der Waals surface area contributed by atoms with Crippen molar-refractivity contribution >= 4 is 23.2 Å². The minimum Gasteiger partial charge on any atom is -0.474 e. The zero-order valence-electron chi connectivity index (χ0n) is 12.0. The lowest BCUT2D eigenvalue weighted by Crippen LogP contribution is -2.29. The molecule has 2 aromatic rings. The highest BCUT2D eigenvalue weighted by Gasteiger charge is 2.41. The molecular formula is C18H16O2S. The number of ketones is 1. The lowest BCUT2D eigenvalue weighted by atomic mass is 9.92. The van der Waals surface area contributed by atoms with Crippen molar-refractivity contribution in [1.29, 1.82) is 0 Å². The average Bonchev–Trinajstić information content (AvgIpc) is 3.10. The maximum Gasteiger partial charge on any atom is 0.207 e. The highest BCUT2D eigenvalue weighted by atomic mass is 32.1. The Kier molecular flexibility index (Phi) is 3.52. The van der Waals surface area contributed by atoms with E-state index < -0.39 is 5.60 Å². The van der Waals surface area contributed by atoms with Crippen LogP contribution in [-0.2, 0) is 15.1 Å². The third-order valence-electron chi connectivity index (χ3n) is 3.69. The fourth-order valence-electron chi connectivity index (χ4n) is 2.39. The Morgan fingerprint density at radius 1 is 1.24 bits per heavy atom. The Hall–Kier alpha value is -2.13. The summed E-state index contributed by atoms with van der Waals surface area (Å²) in [6.45, 7) is 3.79. The van der Waals surface area contributed by atoms with Gasteiger partial charge in [-0.3, -0.25) is 4.79 Å².